The van der Waals surface area contributed by atoms with Crippen LogP contribution in [0.3, 0.4) is 0 Å². The molecular formula is C10H12BrN. The zero-order valence-corrected chi connectivity index (χ0v) is 8.69. The van der Waals surface area contributed by atoms with Crippen LogP contribution in [0.4, 0.5) is 0 Å². The van der Waals surface area contributed by atoms with Gasteiger partial charge >= 0.3 is 0 Å². The number of hydrogen-bond donors (Lipinski definition) is 1. The molecule has 12 heavy (non-hydrogen) atoms. The van der Waals surface area contributed by atoms with Gasteiger partial charge in [0.1, 0.15) is 0 Å². The Morgan fingerprint density at radius 3 is 2.33 bits per heavy atom. The Bertz CT molecular complexity index is 274. The molecule has 1 aromatic carbocycles. The van der Waals surface area contributed by atoms with E-state index >= 15 is 0 Å². The van der Waals surface area contributed by atoms with Crippen LogP contribution in [-0.2, 0) is 5.54 Å². The maximum absolute atomic E-state index is 3.44. The van der Waals surface area contributed by atoms with E-state index in [1.165, 1.54) is 12.0 Å². The first-order chi connectivity index (χ1) is 5.71. The molecule has 2 rings (SSSR count). The van der Waals surface area contributed by atoms with Crippen molar-refractivity contribution in [3.8, 4) is 0 Å². The average molecular weight is 226 g/mol. The van der Waals surface area contributed by atoms with Crippen molar-refractivity contribution in [1.82, 2.24) is 5.32 Å². The lowest BCUT2D eigenvalue weighted by Gasteiger charge is -2.40. The summed E-state index contributed by atoms with van der Waals surface area (Å²) in [6.07, 6.45) is 1.24. The average Bonchev–Trinajstić information content (AvgIpc) is 2.02. The maximum Gasteiger partial charge on any atom is 0.0418 e. The van der Waals surface area contributed by atoms with Crippen molar-refractivity contribution in [1.29, 1.82) is 0 Å². The van der Waals surface area contributed by atoms with E-state index in [9.17, 15) is 0 Å². The minimum absolute atomic E-state index is 0.237. The normalized spacial score (nSPS) is 28.2. The highest BCUT2D eigenvalue weighted by Crippen LogP contribution is 2.30. The van der Waals surface area contributed by atoms with E-state index in [1.807, 2.05) is 0 Å². The van der Waals surface area contributed by atoms with Crippen molar-refractivity contribution in [3.63, 3.8) is 0 Å². The molecule has 0 saturated carbocycles. The summed E-state index contributed by atoms with van der Waals surface area (Å²) in [5.41, 5.74) is 1.62. The molecule has 0 bridgehead atoms. The highest BCUT2D eigenvalue weighted by atomic mass is 79.9. The number of halogens is 1. The summed E-state index contributed by atoms with van der Waals surface area (Å²) in [6, 6.07) is 8.55. The van der Waals surface area contributed by atoms with E-state index in [0.717, 1.165) is 11.0 Å². The molecule has 1 atom stereocenters. The third-order valence-corrected chi connectivity index (χ3v) is 3.15. The lowest BCUT2D eigenvalue weighted by molar-refractivity contribution is 0.237. The van der Waals surface area contributed by atoms with Gasteiger partial charge in [-0.05, 0) is 37.6 Å². The van der Waals surface area contributed by atoms with Gasteiger partial charge in [-0.2, -0.15) is 0 Å². The van der Waals surface area contributed by atoms with Crippen molar-refractivity contribution < 1.29 is 0 Å². The van der Waals surface area contributed by atoms with Gasteiger partial charge in [-0.25, -0.2) is 0 Å². The molecular weight excluding hydrogens is 214 g/mol. The number of rotatable bonds is 1. The van der Waals surface area contributed by atoms with Crippen LogP contribution in [-0.4, -0.2) is 6.54 Å². The summed E-state index contributed by atoms with van der Waals surface area (Å²) in [5, 5.41) is 3.44. The number of hydrogen-bond acceptors (Lipinski definition) is 1. The Hall–Kier alpha value is -0.340. The molecule has 1 N–H and O–H groups in total. The Morgan fingerprint density at radius 2 is 1.92 bits per heavy atom. The van der Waals surface area contributed by atoms with Crippen LogP contribution >= 0.6 is 15.9 Å². The summed E-state index contributed by atoms with van der Waals surface area (Å²) in [6.45, 7) is 3.40. The first-order valence-corrected chi connectivity index (χ1v) is 5.01. The fourth-order valence-electron chi connectivity index (χ4n) is 1.56. The quantitative estimate of drug-likeness (QED) is 0.776. The smallest absolute Gasteiger partial charge is 0.0418 e. The molecule has 1 heterocycles. The van der Waals surface area contributed by atoms with Gasteiger partial charge < -0.3 is 5.32 Å². The van der Waals surface area contributed by atoms with E-state index in [0.29, 0.717) is 0 Å². The van der Waals surface area contributed by atoms with Crippen molar-refractivity contribution in [2.24, 2.45) is 0 Å². The van der Waals surface area contributed by atoms with Crippen molar-refractivity contribution in [2.75, 3.05) is 6.54 Å². The van der Waals surface area contributed by atoms with Gasteiger partial charge in [0.15, 0.2) is 0 Å². The molecule has 0 aromatic heterocycles. The number of nitrogens with one attached hydrogen (secondary N) is 1. The molecule has 1 nitrogen and oxygen atoms in total. The van der Waals surface area contributed by atoms with Gasteiger partial charge in [-0.15, -0.1) is 0 Å². The van der Waals surface area contributed by atoms with Crippen LogP contribution in [0.25, 0.3) is 0 Å². The molecule has 1 aliphatic rings. The van der Waals surface area contributed by atoms with Gasteiger partial charge in [0, 0.05) is 10.0 Å². The summed E-state index contributed by atoms with van der Waals surface area (Å²) in [5.74, 6) is 0. The largest absolute Gasteiger partial charge is 0.307 e. The fraction of sp³-hybridized carbons (Fsp3) is 0.400. The Kier molecular flexibility index (Phi) is 1.97. The first kappa shape index (κ1) is 8.27. The second-order valence-electron chi connectivity index (χ2n) is 3.52. The molecule has 1 saturated heterocycles. The lowest BCUT2D eigenvalue weighted by atomic mass is 9.83. The van der Waals surface area contributed by atoms with Crippen molar-refractivity contribution in [2.45, 2.75) is 18.9 Å². The molecule has 1 unspecified atom stereocenters. The van der Waals surface area contributed by atoms with Gasteiger partial charge in [-0.3, -0.25) is 0 Å². The zero-order valence-electron chi connectivity index (χ0n) is 7.10. The zero-order chi connectivity index (χ0) is 8.60. The highest BCUT2D eigenvalue weighted by Gasteiger charge is 2.32. The maximum atomic E-state index is 3.44. The minimum Gasteiger partial charge on any atom is -0.307 e. The summed E-state index contributed by atoms with van der Waals surface area (Å²) < 4.78 is 1.15. The third kappa shape index (κ3) is 1.29. The van der Waals surface area contributed by atoms with Crippen LogP contribution in [0, 0.1) is 0 Å². The van der Waals surface area contributed by atoms with Gasteiger partial charge in [0.25, 0.3) is 0 Å². The van der Waals surface area contributed by atoms with E-state index in [1.54, 1.807) is 0 Å². The molecule has 1 aliphatic heterocycles. The molecule has 0 spiro atoms. The fourth-order valence-corrected chi connectivity index (χ4v) is 1.83. The van der Waals surface area contributed by atoms with Crippen molar-refractivity contribution >= 4 is 15.9 Å². The van der Waals surface area contributed by atoms with Gasteiger partial charge in [0.2, 0.25) is 0 Å². The Labute approximate surface area is 81.3 Å². The van der Waals surface area contributed by atoms with Crippen LogP contribution in [0.15, 0.2) is 28.7 Å². The standard InChI is InChI=1S/C10H12BrN/c1-10(6-7-12-10)8-2-4-9(11)5-3-8/h2-5,12H,6-7H2,1H3. The van der Waals surface area contributed by atoms with E-state index in [2.05, 4.69) is 52.4 Å². The van der Waals surface area contributed by atoms with Crippen LogP contribution in [0.5, 0.6) is 0 Å². The molecule has 2 heteroatoms. The predicted octanol–water partition coefficient (Wildman–Crippen LogP) is 2.66. The predicted molar refractivity (Wildman–Crippen MR) is 54.1 cm³/mol. The van der Waals surface area contributed by atoms with E-state index in [4.69, 9.17) is 0 Å². The topological polar surface area (TPSA) is 12.0 Å². The molecule has 0 aliphatic carbocycles. The minimum atomic E-state index is 0.237. The van der Waals surface area contributed by atoms with E-state index in [-0.39, 0.29) is 5.54 Å². The second kappa shape index (κ2) is 2.86. The molecule has 0 radical (unpaired) electrons. The van der Waals surface area contributed by atoms with Gasteiger partial charge in [-0.1, -0.05) is 28.1 Å². The summed E-state index contributed by atoms with van der Waals surface area (Å²) in [4.78, 5) is 0. The van der Waals surface area contributed by atoms with Crippen LogP contribution in [0.2, 0.25) is 0 Å². The SMILES string of the molecule is CC1(c2ccc(Br)cc2)CCN1. The summed E-state index contributed by atoms with van der Waals surface area (Å²) >= 11 is 3.43. The Balaban J connectivity index is 2.28. The van der Waals surface area contributed by atoms with E-state index < -0.39 is 0 Å². The van der Waals surface area contributed by atoms with Crippen LogP contribution < -0.4 is 5.32 Å². The van der Waals surface area contributed by atoms with Gasteiger partial charge in [0.05, 0.1) is 0 Å². The lowest BCUT2D eigenvalue weighted by Crippen LogP contribution is -2.51. The molecule has 1 fully saturated rings. The third-order valence-electron chi connectivity index (χ3n) is 2.62. The Morgan fingerprint density at radius 1 is 1.33 bits per heavy atom. The van der Waals surface area contributed by atoms with Crippen molar-refractivity contribution in [3.05, 3.63) is 34.3 Å². The van der Waals surface area contributed by atoms with Crippen LogP contribution in [0.1, 0.15) is 18.9 Å². The highest BCUT2D eigenvalue weighted by molar-refractivity contribution is 9.10. The molecule has 0 amide bonds. The molecule has 1 aromatic rings. The number of benzene rings is 1. The summed E-state index contributed by atoms with van der Waals surface area (Å²) in [7, 11) is 0. The monoisotopic (exact) mass is 225 g/mol. The molecule has 64 valence electrons. The first-order valence-electron chi connectivity index (χ1n) is 4.22. The second-order valence-corrected chi connectivity index (χ2v) is 4.43.